The van der Waals surface area contributed by atoms with Crippen LogP contribution in [0, 0.1) is 19.1 Å². The van der Waals surface area contributed by atoms with Gasteiger partial charge in [-0.05, 0) is 0 Å². The van der Waals surface area contributed by atoms with Gasteiger partial charge in [-0.25, -0.2) is 0 Å². The average molecular weight is 459 g/mol. The molecule has 0 aliphatic heterocycles. The molecule has 0 aromatic carbocycles. The molecule has 1 aromatic rings. The van der Waals surface area contributed by atoms with Gasteiger partial charge >= 0.3 is 0 Å². The maximum Gasteiger partial charge on any atom is 0 e. The first kappa shape index (κ1) is 12.2. The molecule has 0 spiro atoms. The van der Waals surface area contributed by atoms with Crippen LogP contribution in [0.25, 0.3) is 0 Å². The molecule has 0 saturated carbocycles. The summed E-state index contributed by atoms with van der Waals surface area (Å²) in [5.74, 6) is 0. The van der Waals surface area contributed by atoms with E-state index in [1.54, 1.807) is 12.4 Å². The molecular weight excluding hydrogens is 454 g/mol. The molecule has 48 valence electrons. The summed E-state index contributed by atoms with van der Waals surface area (Å²) in [4.78, 5) is 3.73. The van der Waals surface area contributed by atoms with Crippen LogP contribution in [-0.2, 0) is 42.1 Å². The van der Waals surface area contributed by atoms with E-state index in [-0.39, 0.29) is 42.1 Å². The van der Waals surface area contributed by atoms with Crippen molar-refractivity contribution in [3.63, 3.8) is 0 Å². The van der Waals surface area contributed by atoms with Crippen LogP contribution in [-0.4, -0.2) is 4.98 Å². The summed E-state index contributed by atoms with van der Waals surface area (Å²) in [5.41, 5.74) is 1.01. The first-order chi connectivity index (χ1) is 3.39. The van der Waals surface area contributed by atoms with E-state index in [4.69, 9.17) is 0 Å². The van der Waals surface area contributed by atoms with E-state index < -0.39 is 0 Å². The Morgan fingerprint density at radius 2 is 1.67 bits per heavy atom. The molecule has 1 nitrogen and oxygen atoms in total. The number of aryl methyl sites for hydroxylation is 1. The number of pyridine rings is 1. The van der Waals surface area contributed by atoms with Crippen LogP contribution in [0.2, 0.25) is 0 Å². The Morgan fingerprint density at radius 1 is 1.22 bits per heavy atom. The molecule has 0 bridgehead atoms. The van der Waals surface area contributed by atoms with E-state index >= 15 is 0 Å². The minimum atomic E-state index is 0. The van der Waals surface area contributed by atoms with Gasteiger partial charge in [0, 0.05) is 42.1 Å². The fourth-order valence-electron chi connectivity index (χ4n) is 0.347. The number of nitrogens with zero attached hydrogens (tertiary/aromatic N) is 1. The third-order valence-electron chi connectivity index (χ3n) is 0.711. The molecule has 1 rings (SSSR count). The Balaban J connectivity index is 0. The smallest absolute Gasteiger partial charge is 0 e. The predicted octanol–water partition coefficient (Wildman–Crippen LogP) is 0.985. The van der Waals surface area contributed by atoms with Crippen LogP contribution < -0.4 is 0 Å². The molecule has 0 saturated heterocycles. The van der Waals surface area contributed by atoms with Gasteiger partial charge in [0.1, 0.15) is 0 Å². The van der Waals surface area contributed by atoms with Crippen molar-refractivity contribution >= 4 is 0 Å². The molecule has 0 fully saturated rings. The topological polar surface area (TPSA) is 12.9 Å². The van der Waals surface area contributed by atoms with Crippen molar-refractivity contribution in [1.82, 2.24) is 4.98 Å². The fraction of sp³-hybridized carbons (Fsp3) is 0.167. The second-order valence-electron chi connectivity index (χ2n) is 1.32. The Hall–Kier alpha value is 0.527. The van der Waals surface area contributed by atoms with E-state index in [0.717, 1.165) is 5.56 Å². The third kappa shape index (κ3) is 5.00. The Kier molecular flexibility index (Phi) is 9.03. The summed E-state index contributed by atoms with van der Waals surface area (Å²) in [6.07, 6.45) is 3.26. The van der Waals surface area contributed by atoms with Crippen molar-refractivity contribution in [3.05, 3.63) is 30.1 Å². The van der Waals surface area contributed by atoms with Crippen LogP contribution in [0.15, 0.2) is 12.4 Å². The van der Waals surface area contributed by atoms with Crippen LogP contribution >= 0.6 is 0 Å². The van der Waals surface area contributed by atoms with Gasteiger partial charge in [0.2, 0.25) is 0 Å². The van der Waals surface area contributed by atoms with Crippen molar-refractivity contribution in [2.75, 3.05) is 0 Å². The van der Waals surface area contributed by atoms with Crippen molar-refractivity contribution < 1.29 is 42.1 Å². The second-order valence-corrected chi connectivity index (χ2v) is 1.32. The van der Waals surface area contributed by atoms with Crippen LogP contribution in [0.4, 0.5) is 0 Å². The molecule has 0 radical (unpaired) electrons. The maximum atomic E-state index is 3.73. The molecule has 9 heavy (non-hydrogen) atoms. The molecule has 0 amide bonds. The summed E-state index contributed by atoms with van der Waals surface area (Å²) in [5, 5.41) is 0. The van der Waals surface area contributed by atoms with Gasteiger partial charge in [-0.2, -0.15) is 12.4 Å². The molecule has 0 unspecified atom stereocenters. The number of hydrogen-bond acceptors (Lipinski definition) is 1. The van der Waals surface area contributed by atoms with Gasteiger partial charge in [0.15, 0.2) is 0 Å². The maximum absolute atomic E-state index is 3.73. The standard InChI is InChI=1S/C6H5N.2W/c1-6-2-4-7-5-3-6;;/h4-5H,1H3;;/q-2;;. The van der Waals surface area contributed by atoms with E-state index in [1.165, 1.54) is 0 Å². The van der Waals surface area contributed by atoms with Gasteiger partial charge in [0.05, 0.1) is 0 Å². The average Bonchev–Trinajstić information content (AvgIpc) is 1.69. The Morgan fingerprint density at radius 3 is 1.89 bits per heavy atom. The SMILES string of the molecule is Cc1[c-]cnc[c-]1.[W].[W]. The first-order valence-corrected chi connectivity index (χ1v) is 2.09. The summed E-state index contributed by atoms with van der Waals surface area (Å²) in [6, 6.07) is 5.73. The normalized spacial score (nSPS) is 6.78. The quantitative estimate of drug-likeness (QED) is 0.529. The van der Waals surface area contributed by atoms with Gasteiger partial charge < -0.3 is 22.7 Å². The Labute approximate surface area is 83.8 Å². The molecule has 0 N–H and O–H groups in total. The predicted molar refractivity (Wildman–Crippen MR) is 26.6 cm³/mol. The zero-order chi connectivity index (χ0) is 5.11. The molecule has 1 aromatic heterocycles. The number of hydrogen-bond donors (Lipinski definition) is 0. The van der Waals surface area contributed by atoms with Gasteiger partial charge in [-0.1, -0.05) is 0 Å². The van der Waals surface area contributed by atoms with Crippen LogP contribution in [0.5, 0.6) is 0 Å². The van der Waals surface area contributed by atoms with Gasteiger partial charge in [-0.3, -0.25) is 0 Å². The van der Waals surface area contributed by atoms with E-state index in [0.29, 0.717) is 0 Å². The summed E-state index contributed by atoms with van der Waals surface area (Å²) in [6.45, 7) is 1.93. The van der Waals surface area contributed by atoms with Crippen molar-refractivity contribution in [1.29, 1.82) is 0 Å². The van der Waals surface area contributed by atoms with Crippen LogP contribution in [0.1, 0.15) is 5.56 Å². The van der Waals surface area contributed by atoms with Crippen molar-refractivity contribution in [2.45, 2.75) is 6.92 Å². The largest absolute Gasteiger partial charge is 0.487 e. The fourth-order valence-corrected chi connectivity index (χ4v) is 0.347. The number of aromatic nitrogens is 1. The monoisotopic (exact) mass is 459 g/mol. The Bertz CT molecular complexity index is 141. The minimum Gasteiger partial charge on any atom is -0.487 e. The zero-order valence-corrected chi connectivity index (χ0v) is 10.8. The van der Waals surface area contributed by atoms with E-state index in [1.807, 2.05) is 6.92 Å². The molecule has 0 aliphatic rings. The summed E-state index contributed by atoms with van der Waals surface area (Å²) >= 11 is 0. The van der Waals surface area contributed by atoms with Gasteiger partial charge in [0.25, 0.3) is 0 Å². The molecular formula is C6H5NW2-2. The third-order valence-corrected chi connectivity index (χ3v) is 0.711. The molecule has 0 aliphatic carbocycles. The summed E-state index contributed by atoms with van der Waals surface area (Å²) < 4.78 is 0. The van der Waals surface area contributed by atoms with Crippen molar-refractivity contribution in [2.24, 2.45) is 0 Å². The van der Waals surface area contributed by atoms with E-state index in [9.17, 15) is 0 Å². The summed E-state index contributed by atoms with van der Waals surface area (Å²) in [7, 11) is 0. The number of rotatable bonds is 0. The van der Waals surface area contributed by atoms with Crippen molar-refractivity contribution in [3.8, 4) is 0 Å². The zero-order valence-electron chi connectivity index (χ0n) is 4.92. The van der Waals surface area contributed by atoms with Gasteiger partial charge in [-0.15, -0.1) is 6.92 Å². The molecule has 1 heterocycles. The van der Waals surface area contributed by atoms with E-state index in [2.05, 4.69) is 17.1 Å². The molecule has 0 atom stereocenters. The molecule has 3 heteroatoms. The minimum absolute atomic E-state index is 0. The van der Waals surface area contributed by atoms with Crippen LogP contribution in [0.3, 0.4) is 0 Å². The first-order valence-electron chi connectivity index (χ1n) is 2.09. The second kappa shape index (κ2) is 6.64.